The van der Waals surface area contributed by atoms with Crippen LogP contribution in [0.4, 0.5) is 0 Å². The second-order valence-corrected chi connectivity index (χ2v) is 2.99. The highest BCUT2D eigenvalue weighted by atomic mass is 16.4. The summed E-state index contributed by atoms with van der Waals surface area (Å²) in [6, 6.07) is 1.90. The molecule has 0 aliphatic carbocycles. The summed E-state index contributed by atoms with van der Waals surface area (Å²) < 4.78 is 1.52. The lowest BCUT2D eigenvalue weighted by molar-refractivity contribution is 0.425. The van der Waals surface area contributed by atoms with Gasteiger partial charge in [0.2, 0.25) is 0 Å². The molecule has 1 heterocycles. The van der Waals surface area contributed by atoms with Gasteiger partial charge in [0.1, 0.15) is 6.07 Å². The van der Waals surface area contributed by atoms with Crippen LogP contribution in [0.2, 0.25) is 0 Å². The molecule has 13 heavy (non-hydrogen) atoms. The fourth-order valence-corrected chi connectivity index (χ4v) is 0.946. The van der Waals surface area contributed by atoms with Crippen molar-refractivity contribution in [2.24, 2.45) is 0 Å². The molecule has 1 aromatic heterocycles. The summed E-state index contributed by atoms with van der Waals surface area (Å²) in [5.41, 5.74) is 0.208. The van der Waals surface area contributed by atoms with Gasteiger partial charge >= 0.3 is 7.12 Å². The molecule has 0 aliphatic heterocycles. The van der Waals surface area contributed by atoms with Crippen LogP contribution in [0.1, 0.15) is 25.6 Å². The Morgan fingerprint density at radius 1 is 1.62 bits per heavy atom. The van der Waals surface area contributed by atoms with E-state index in [4.69, 9.17) is 15.3 Å². The lowest BCUT2D eigenvalue weighted by Gasteiger charge is -2.02. The SMILES string of the molecule is CC(C)n1cc(B(O)O)c(C#N)n1. The first-order valence-electron chi connectivity index (χ1n) is 3.91. The van der Waals surface area contributed by atoms with Crippen LogP contribution in [-0.2, 0) is 0 Å². The van der Waals surface area contributed by atoms with Crippen molar-refractivity contribution in [3.63, 3.8) is 0 Å². The van der Waals surface area contributed by atoms with Crippen molar-refractivity contribution >= 4 is 12.6 Å². The minimum Gasteiger partial charge on any atom is -0.423 e. The van der Waals surface area contributed by atoms with E-state index in [9.17, 15) is 0 Å². The van der Waals surface area contributed by atoms with E-state index >= 15 is 0 Å². The maximum Gasteiger partial charge on any atom is 0.493 e. The second-order valence-electron chi connectivity index (χ2n) is 2.99. The van der Waals surface area contributed by atoms with Gasteiger partial charge in [-0.25, -0.2) is 0 Å². The van der Waals surface area contributed by atoms with E-state index in [1.165, 1.54) is 10.9 Å². The normalized spacial score (nSPS) is 10.2. The van der Waals surface area contributed by atoms with Crippen LogP contribution in [-0.4, -0.2) is 26.9 Å². The first-order chi connectivity index (χ1) is 6.06. The quantitative estimate of drug-likeness (QED) is 0.571. The van der Waals surface area contributed by atoms with Crippen molar-refractivity contribution in [1.82, 2.24) is 9.78 Å². The van der Waals surface area contributed by atoms with Gasteiger partial charge in [-0.3, -0.25) is 4.68 Å². The molecule has 0 fully saturated rings. The Hall–Kier alpha value is -1.32. The zero-order valence-electron chi connectivity index (χ0n) is 7.47. The van der Waals surface area contributed by atoms with Gasteiger partial charge in [-0.05, 0) is 13.8 Å². The summed E-state index contributed by atoms with van der Waals surface area (Å²) in [5.74, 6) is 0. The fourth-order valence-electron chi connectivity index (χ4n) is 0.946. The third-order valence-corrected chi connectivity index (χ3v) is 1.67. The van der Waals surface area contributed by atoms with Crippen LogP contribution in [0.25, 0.3) is 0 Å². The third kappa shape index (κ3) is 1.88. The van der Waals surface area contributed by atoms with Crippen LogP contribution in [0, 0.1) is 11.3 Å². The van der Waals surface area contributed by atoms with Crippen molar-refractivity contribution in [1.29, 1.82) is 5.26 Å². The number of hydrogen-bond donors (Lipinski definition) is 2. The third-order valence-electron chi connectivity index (χ3n) is 1.67. The van der Waals surface area contributed by atoms with E-state index in [2.05, 4.69) is 5.10 Å². The molecule has 5 nitrogen and oxygen atoms in total. The first kappa shape index (κ1) is 9.77. The van der Waals surface area contributed by atoms with Crippen LogP contribution < -0.4 is 5.46 Å². The van der Waals surface area contributed by atoms with Gasteiger partial charge in [-0.2, -0.15) is 10.4 Å². The molecule has 1 rings (SSSR count). The second kappa shape index (κ2) is 3.60. The minimum absolute atomic E-state index is 0.0590. The largest absolute Gasteiger partial charge is 0.493 e. The Balaban J connectivity index is 3.14. The summed E-state index contributed by atoms with van der Waals surface area (Å²) in [6.45, 7) is 3.78. The van der Waals surface area contributed by atoms with E-state index in [0.717, 1.165) is 0 Å². The first-order valence-corrected chi connectivity index (χ1v) is 3.91. The van der Waals surface area contributed by atoms with Gasteiger partial charge in [-0.1, -0.05) is 0 Å². The molecule has 0 saturated heterocycles. The maximum atomic E-state index is 8.88. The van der Waals surface area contributed by atoms with Crippen molar-refractivity contribution in [2.45, 2.75) is 19.9 Å². The minimum atomic E-state index is -1.64. The molecule has 0 spiro atoms. The van der Waals surface area contributed by atoms with Gasteiger partial charge in [0.15, 0.2) is 5.69 Å². The smallest absolute Gasteiger partial charge is 0.423 e. The fraction of sp³-hybridized carbons (Fsp3) is 0.429. The zero-order chi connectivity index (χ0) is 10.0. The molecule has 1 aromatic rings. The molecule has 0 unspecified atom stereocenters. The van der Waals surface area contributed by atoms with Crippen LogP contribution in [0.3, 0.4) is 0 Å². The van der Waals surface area contributed by atoms with Gasteiger partial charge in [0.05, 0.1) is 0 Å². The number of nitrogens with zero attached hydrogens (tertiary/aromatic N) is 3. The average molecular weight is 179 g/mol. The van der Waals surface area contributed by atoms with Crippen molar-refractivity contribution < 1.29 is 10.0 Å². The van der Waals surface area contributed by atoms with E-state index in [1.807, 2.05) is 13.8 Å². The predicted molar refractivity (Wildman–Crippen MR) is 47.2 cm³/mol. The Morgan fingerprint density at radius 2 is 2.23 bits per heavy atom. The van der Waals surface area contributed by atoms with E-state index in [0.29, 0.717) is 0 Å². The molecule has 0 bridgehead atoms. The highest BCUT2D eigenvalue weighted by Crippen LogP contribution is 2.02. The molecule has 68 valence electrons. The Labute approximate surface area is 76.4 Å². The van der Waals surface area contributed by atoms with Crippen molar-refractivity contribution in [2.75, 3.05) is 0 Å². The Morgan fingerprint density at radius 3 is 2.54 bits per heavy atom. The van der Waals surface area contributed by atoms with Crippen LogP contribution >= 0.6 is 0 Å². The monoisotopic (exact) mass is 179 g/mol. The Bertz CT molecular complexity index is 340. The summed E-state index contributed by atoms with van der Waals surface area (Å²) >= 11 is 0. The van der Waals surface area contributed by atoms with E-state index in [-0.39, 0.29) is 17.2 Å². The van der Waals surface area contributed by atoms with Crippen LogP contribution in [0.15, 0.2) is 6.20 Å². The lowest BCUT2D eigenvalue weighted by Crippen LogP contribution is -2.31. The number of aromatic nitrogens is 2. The molecule has 0 amide bonds. The molecule has 0 radical (unpaired) electrons. The average Bonchev–Trinajstić information content (AvgIpc) is 2.47. The molecule has 2 N–H and O–H groups in total. The molecule has 0 saturated carbocycles. The molecule has 0 atom stereocenters. The maximum absolute atomic E-state index is 8.88. The predicted octanol–water partition coefficient (Wildman–Crippen LogP) is -0.985. The van der Waals surface area contributed by atoms with E-state index in [1.54, 1.807) is 6.07 Å². The zero-order valence-corrected chi connectivity index (χ0v) is 7.47. The molecule has 6 heteroatoms. The summed E-state index contributed by atoms with van der Waals surface area (Å²) in [4.78, 5) is 0. The lowest BCUT2D eigenvalue weighted by atomic mass is 9.81. The number of rotatable bonds is 2. The number of nitriles is 1. The molecule has 0 aromatic carbocycles. The van der Waals surface area contributed by atoms with Gasteiger partial charge in [0.25, 0.3) is 0 Å². The molecular weight excluding hydrogens is 169 g/mol. The topological polar surface area (TPSA) is 82.1 Å². The van der Waals surface area contributed by atoms with Crippen molar-refractivity contribution in [3.8, 4) is 6.07 Å². The highest BCUT2D eigenvalue weighted by molar-refractivity contribution is 6.59. The van der Waals surface area contributed by atoms with Gasteiger partial charge in [0, 0.05) is 17.7 Å². The van der Waals surface area contributed by atoms with Gasteiger partial charge < -0.3 is 10.0 Å². The standard InChI is InChI=1S/C7H10BN3O2/c1-5(2)11-4-6(8(12)13)7(3-9)10-11/h4-5,12-13H,1-2H3. The van der Waals surface area contributed by atoms with Crippen LogP contribution in [0.5, 0.6) is 0 Å². The number of hydrogen-bond acceptors (Lipinski definition) is 4. The summed E-state index contributed by atoms with van der Waals surface area (Å²) in [6.07, 6.45) is 1.47. The Kier molecular flexibility index (Phi) is 2.71. The summed E-state index contributed by atoms with van der Waals surface area (Å²) in [5, 5.41) is 30.3. The molecular formula is C7H10BN3O2. The summed E-state index contributed by atoms with van der Waals surface area (Å²) in [7, 11) is -1.64. The van der Waals surface area contributed by atoms with Crippen molar-refractivity contribution in [3.05, 3.63) is 11.9 Å². The highest BCUT2D eigenvalue weighted by Gasteiger charge is 2.20. The molecule has 0 aliphatic rings. The van der Waals surface area contributed by atoms with Gasteiger partial charge in [-0.15, -0.1) is 0 Å². The van der Waals surface area contributed by atoms with E-state index < -0.39 is 7.12 Å².